The van der Waals surface area contributed by atoms with E-state index in [0.717, 1.165) is 30.8 Å². The van der Waals surface area contributed by atoms with Crippen LogP contribution in [0.4, 0.5) is 0 Å². The topological polar surface area (TPSA) is 87.6 Å². The number of carbonyl (C=O) groups excluding carboxylic acids is 1. The highest BCUT2D eigenvalue weighted by Crippen LogP contribution is 2.27. The van der Waals surface area contributed by atoms with Crippen molar-refractivity contribution in [2.45, 2.75) is 18.9 Å². The second-order valence-corrected chi connectivity index (χ2v) is 4.41. The first-order chi connectivity index (χ1) is 8.66. The van der Waals surface area contributed by atoms with Gasteiger partial charge in [0.05, 0.1) is 19.3 Å². The Morgan fingerprint density at radius 3 is 3.11 bits per heavy atom. The summed E-state index contributed by atoms with van der Waals surface area (Å²) in [5.41, 5.74) is 13.2. The third kappa shape index (κ3) is 3.21. The minimum atomic E-state index is -0.485. The molecule has 98 valence electrons. The van der Waals surface area contributed by atoms with Gasteiger partial charge < -0.3 is 20.9 Å². The first kappa shape index (κ1) is 12.9. The van der Waals surface area contributed by atoms with Gasteiger partial charge in [-0.1, -0.05) is 12.1 Å². The van der Waals surface area contributed by atoms with Gasteiger partial charge in [-0.15, -0.1) is 0 Å². The summed E-state index contributed by atoms with van der Waals surface area (Å²) in [7, 11) is 0. The number of primary amides is 1. The number of nitrogens with two attached hydrogens (primary N) is 2. The van der Waals surface area contributed by atoms with Gasteiger partial charge >= 0.3 is 0 Å². The van der Waals surface area contributed by atoms with Crippen LogP contribution < -0.4 is 16.2 Å². The number of amides is 1. The number of fused-ring (bicyclic) bond motifs is 1. The van der Waals surface area contributed by atoms with E-state index in [1.807, 2.05) is 18.2 Å². The third-order valence-electron chi connectivity index (χ3n) is 2.90. The maximum Gasteiger partial charge on any atom is 0.243 e. The molecule has 1 heterocycles. The van der Waals surface area contributed by atoms with Crippen molar-refractivity contribution in [3.63, 3.8) is 0 Å². The van der Waals surface area contributed by atoms with Gasteiger partial charge in [0.15, 0.2) is 0 Å². The number of rotatable bonds is 5. The molecule has 1 aromatic rings. The van der Waals surface area contributed by atoms with Crippen LogP contribution in [0.5, 0.6) is 5.75 Å². The maximum absolute atomic E-state index is 10.5. The molecule has 0 saturated heterocycles. The van der Waals surface area contributed by atoms with Crippen molar-refractivity contribution in [1.29, 1.82) is 0 Å². The Hall–Kier alpha value is -1.59. The van der Waals surface area contributed by atoms with E-state index in [9.17, 15) is 4.79 Å². The smallest absolute Gasteiger partial charge is 0.243 e. The summed E-state index contributed by atoms with van der Waals surface area (Å²) in [5.74, 6) is 0.455. The van der Waals surface area contributed by atoms with Crippen molar-refractivity contribution in [2.75, 3.05) is 19.8 Å². The van der Waals surface area contributed by atoms with Gasteiger partial charge in [-0.25, -0.2) is 0 Å². The van der Waals surface area contributed by atoms with E-state index in [2.05, 4.69) is 0 Å². The van der Waals surface area contributed by atoms with Crippen LogP contribution >= 0.6 is 0 Å². The summed E-state index contributed by atoms with van der Waals surface area (Å²) in [6.45, 7) is 0.963. The lowest BCUT2D eigenvalue weighted by Crippen LogP contribution is -2.23. The summed E-state index contributed by atoms with van der Waals surface area (Å²) in [6.07, 6.45) is 2.04. The van der Waals surface area contributed by atoms with Gasteiger partial charge in [-0.2, -0.15) is 0 Å². The zero-order valence-electron chi connectivity index (χ0n) is 10.2. The molecular formula is C13H18N2O3. The monoisotopic (exact) mass is 250 g/mol. The summed E-state index contributed by atoms with van der Waals surface area (Å²) in [5, 5.41) is 0. The SMILES string of the molecule is NC(=O)COCC(N)c1ccc2c(c1)CCCO2. The van der Waals surface area contributed by atoms with Crippen molar-refractivity contribution in [2.24, 2.45) is 11.5 Å². The summed E-state index contributed by atoms with van der Waals surface area (Å²) in [4.78, 5) is 10.5. The van der Waals surface area contributed by atoms with Gasteiger partial charge in [0, 0.05) is 0 Å². The summed E-state index contributed by atoms with van der Waals surface area (Å²) in [6, 6.07) is 5.67. The molecule has 5 heteroatoms. The number of aryl methyl sites for hydroxylation is 1. The Balaban J connectivity index is 1.97. The van der Waals surface area contributed by atoms with Crippen molar-refractivity contribution < 1.29 is 14.3 Å². The molecule has 5 nitrogen and oxygen atoms in total. The average Bonchev–Trinajstić information content (AvgIpc) is 2.37. The van der Waals surface area contributed by atoms with Crippen LogP contribution in [0.1, 0.15) is 23.6 Å². The quantitative estimate of drug-likeness (QED) is 0.797. The normalized spacial score (nSPS) is 15.6. The Bertz CT molecular complexity index is 434. The molecule has 0 spiro atoms. The van der Waals surface area contributed by atoms with E-state index in [1.165, 1.54) is 5.56 Å². The maximum atomic E-state index is 10.5. The van der Waals surface area contributed by atoms with Crippen molar-refractivity contribution >= 4 is 5.91 Å². The fourth-order valence-electron chi connectivity index (χ4n) is 1.99. The standard InChI is InChI=1S/C13H18N2O3/c14-11(7-17-8-13(15)16)9-3-4-12-10(6-9)2-1-5-18-12/h3-4,6,11H,1-2,5,7-8,14H2,(H2,15,16). The first-order valence-electron chi connectivity index (χ1n) is 6.04. The molecule has 0 bridgehead atoms. The highest BCUT2D eigenvalue weighted by atomic mass is 16.5. The van der Waals surface area contributed by atoms with Gasteiger partial charge in [0.25, 0.3) is 0 Å². The van der Waals surface area contributed by atoms with Crippen molar-refractivity contribution in [3.05, 3.63) is 29.3 Å². The predicted octanol–water partition coefficient (Wildman–Crippen LogP) is 0.513. The molecule has 0 aliphatic carbocycles. The van der Waals surface area contributed by atoms with Crippen LogP contribution in [0.3, 0.4) is 0 Å². The molecule has 1 aliphatic rings. The first-order valence-corrected chi connectivity index (χ1v) is 6.04. The van der Waals surface area contributed by atoms with Crippen LogP contribution in [0.2, 0.25) is 0 Å². The van der Waals surface area contributed by atoms with Gasteiger partial charge in [-0.05, 0) is 30.0 Å². The zero-order chi connectivity index (χ0) is 13.0. The molecule has 0 radical (unpaired) electrons. The molecule has 1 unspecified atom stereocenters. The Labute approximate surface area is 106 Å². The Morgan fingerprint density at radius 2 is 2.33 bits per heavy atom. The molecule has 1 aromatic carbocycles. The molecule has 0 aromatic heterocycles. The van der Waals surface area contributed by atoms with Gasteiger partial charge in [0.2, 0.25) is 5.91 Å². The molecule has 18 heavy (non-hydrogen) atoms. The van der Waals surface area contributed by atoms with E-state index < -0.39 is 5.91 Å². The highest BCUT2D eigenvalue weighted by Gasteiger charge is 2.13. The minimum Gasteiger partial charge on any atom is -0.493 e. The van der Waals surface area contributed by atoms with Crippen molar-refractivity contribution in [1.82, 2.24) is 0 Å². The number of hydrogen-bond donors (Lipinski definition) is 2. The van der Waals surface area contributed by atoms with Gasteiger partial charge in [-0.3, -0.25) is 4.79 Å². The van der Waals surface area contributed by atoms with Crippen LogP contribution in [0.25, 0.3) is 0 Å². The molecule has 2 rings (SSSR count). The van der Waals surface area contributed by atoms with Crippen LogP contribution in [-0.4, -0.2) is 25.7 Å². The minimum absolute atomic E-state index is 0.0955. The molecule has 0 saturated carbocycles. The van der Waals surface area contributed by atoms with Crippen LogP contribution in [0.15, 0.2) is 18.2 Å². The lowest BCUT2D eigenvalue weighted by molar-refractivity contribution is -0.122. The van der Waals surface area contributed by atoms with Crippen LogP contribution in [-0.2, 0) is 16.0 Å². The second kappa shape index (κ2) is 5.84. The molecule has 0 fully saturated rings. The average molecular weight is 250 g/mol. The molecular weight excluding hydrogens is 232 g/mol. The van der Waals surface area contributed by atoms with E-state index in [4.69, 9.17) is 20.9 Å². The molecule has 1 amide bonds. The van der Waals surface area contributed by atoms with Crippen molar-refractivity contribution in [3.8, 4) is 5.75 Å². The highest BCUT2D eigenvalue weighted by molar-refractivity contribution is 5.74. The molecule has 1 atom stereocenters. The zero-order valence-corrected chi connectivity index (χ0v) is 10.2. The number of benzene rings is 1. The van der Waals surface area contributed by atoms with E-state index in [-0.39, 0.29) is 19.3 Å². The number of ether oxygens (including phenoxy) is 2. The fourth-order valence-corrected chi connectivity index (χ4v) is 1.99. The largest absolute Gasteiger partial charge is 0.493 e. The number of hydrogen-bond acceptors (Lipinski definition) is 4. The predicted molar refractivity (Wildman–Crippen MR) is 67.2 cm³/mol. The summed E-state index contributed by atoms with van der Waals surface area (Å²) < 4.78 is 10.7. The second-order valence-electron chi connectivity index (χ2n) is 4.41. The number of carbonyl (C=O) groups is 1. The lowest BCUT2D eigenvalue weighted by atomic mass is 10.00. The Kier molecular flexibility index (Phi) is 4.17. The molecule has 1 aliphatic heterocycles. The van der Waals surface area contributed by atoms with Crippen LogP contribution in [0, 0.1) is 0 Å². The van der Waals surface area contributed by atoms with E-state index >= 15 is 0 Å². The van der Waals surface area contributed by atoms with Gasteiger partial charge in [0.1, 0.15) is 12.4 Å². The fraction of sp³-hybridized carbons (Fsp3) is 0.462. The van der Waals surface area contributed by atoms with E-state index in [0.29, 0.717) is 0 Å². The summed E-state index contributed by atoms with van der Waals surface area (Å²) >= 11 is 0. The lowest BCUT2D eigenvalue weighted by Gasteiger charge is -2.19. The molecule has 4 N–H and O–H groups in total. The van der Waals surface area contributed by atoms with E-state index in [1.54, 1.807) is 0 Å². The third-order valence-corrected chi connectivity index (χ3v) is 2.90. The Morgan fingerprint density at radius 1 is 1.50 bits per heavy atom.